The quantitative estimate of drug-likeness (QED) is 0.259. The Labute approximate surface area is 221 Å². The number of nitro groups is 1. The third-order valence-corrected chi connectivity index (χ3v) is 10.8. The maximum Gasteiger partial charge on any atom is 0.269 e. The smallest absolute Gasteiger partial charge is 0.269 e. The normalized spacial score (nSPS) is 13.2. The SMILES string of the molecule is O=C(Nc1ncc(S(=O)(=O)c2ccc([N+](=O)[O-])cc2)s1)c1ccc(S(=O)(=O)N2CCc3ccccc32)cc1. The minimum Gasteiger partial charge on any atom is -0.298 e. The number of fused-ring (bicyclic) bond motifs is 1. The van der Waals surface area contributed by atoms with Gasteiger partial charge in [-0.25, -0.2) is 21.8 Å². The molecular weight excluding hydrogens is 552 g/mol. The molecule has 11 nitrogen and oxygen atoms in total. The first-order chi connectivity index (χ1) is 18.1. The number of hydrogen-bond acceptors (Lipinski definition) is 9. The fourth-order valence-corrected chi connectivity index (χ4v) is 7.87. The van der Waals surface area contributed by atoms with E-state index in [1.807, 2.05) is 12.1 Å². The first-order valence-corrected chi connectivity index (χ1v) is 14.8. The Morgan fingerprint density at radius 2 is 1.61 bits per heavy atom. The summed E-state index contributed by atoms with van der Waals surface area (Å²) in [5.41, 5.74) is 1.49. The van der Waals surface area contributed by atoms with Crippen molar-refractivity contribution in [2.45, 2.75) is 20.4 Å². The lowest BCUT2D eigenvalue weighted by atomic mass is 10.2. The number of anilines is 2. The average Bonchev–Trinajstić information content (AvgIpc) is 3.57. The topological polar surface area (TPSA) is 157 Å². The lowest BCUT2D eigenvalue weighted by Gasteiger charge is -2.19. The molecule has 1 aromatic heterocycles. The van der Waals surface area contributed by atoms with E-state index in [0.29, 0.717) is 18.7 Å². The molecule has 1 N–H and O–H groups in total. The highest BCUT2D eigenvalue weighted by molar-refractivity contribution is 7.93. The van der Waals surface area contributed by atoms with E-state index in [-0.39, 0.29) is 30.4 Å². The molecule has 14 heteroatoms. The second-order valence-corrected chi connectivity index (χ2v) is 13.2. The highest BCUT2D eigenvalue weighted by Gasteiger charge is 2.30. The van der Waals surface area contributed by atoms with E-state index in [2.05, 4.69) is 10.3 Å². The molecule has 0 saturated heterocycles. The van der Waals surface area contributed by atoms with E-state index < -0.39 is 30.7 Å². The minimum absolute atomic E-state index is 0.0147. The second kappa shape index (κ2) is 9.63. The van der Waals surface area contributed by atoms with Crippen molar-refractivity contribution in [3.63, 3.8) is 0 Å². The van der Waals surface area contributed by atoms with Crippen LogP contribution in [0.1, 0.15) is 15.9 Å². The summed E-state index contributed by atoms with van der Waals surface area (Å²) < 4.78 is 53.2. The Bertz CT molecular complexity index is 1770. The van der Waals surface area contributed by atoms with Gasteiger partial charge in [0.25, 0.3) is 21.6 Å². The van der Waals surface area contributed by atoms with Crippen LogP contribution in [0.2, 0.25) is 0 Å². The number of nitro benzene ring substituents is 1. The van der Waals surface area contributed by atoms with Gasteiger partial charge in [0.05, 0.1) is 26.6 Å². The molecule has 1 aliphatic heterocycles. The summed E-state index contributed by atoms with van der Waals surface area (Å²) in [4.78, 5) is 26.7. The van der Waals surface area contributed by atoms with Crippen LogP contribution in [0.25, 0.3) is 0 Å². The van der Waals surface area contributed by atoms with Crippen LogP contribution in [0.15, 0.2) is 93.0 Å². The lowest BCUT2D eigenvalue weighted by molar-refractivity contribution is -0.384. The number of hydrogen-bond donors (Lipinski definition) is 1. The first-order valence-electron chi connectivity index (χ1n) is 11.0. The number of nitrogens with zero attached hydrogens (tertiary/aromatic N) is 3. The molecule has 0 fully saturated rings. The summed E-state index contributed by atoms with van der Waals surface area (Å²) in [6, 6.07) is 17.1. The van der Waals surface area contributed by atoms with Gasteiger partial charge in [-0.15, -0.1) is 0 Å². The molecule has 2 heterocycles. The van der Waals surface area contributed by atoms with Gasteiger partial charge in [-0.05, 0) is 54.4 Å². The number of rotatable bonds is 7. The predicted molar refractivity (Wildman–Crippen MR) is 140 cm³/mol. The molecule has 1 aliphatic rings. The van der Waals surface area contributed by atoms with Crippen LogP contribution in [-0.2, 0) is 26.3 Å². The highest BCUT2D eigenvalue weighted by Crippen LogP contribution is 2.33. The standard InChI is InChI=1S/C24H18N4O7S3/c29-23(26-24-25-15-22(36-24)37(32,33)19-11-7-18(8-12-19)28(30)31)17-5-9-20(10-6-17)38(34,35)27-14-13-16-3-1-2-4-21(16)27/h1-12,15H,13-14H2,(H,25,26,29). The molecule has 1 amide bonds. The number of carbonyl (C=O) groups excluding carboxylic acids is 1. The van der Waals surface area contributed by atoms with Crippen molar-refractivity contribution in [1.82, 2.24) is 4.98 Å². The Balaban J connectivity index is 1.30. The number of sulfone groups is 1. The van der Waals surface area contributed by atoms with Gasteiger partial charge < -0.3 is 0 Å². The summed E-state index contributed by atoms with van der Waals surface area (Å²) in [6.07, 6.45) is 1.70. The summed E-state index contributed by atoms with van der Waals surface area (Å²) in [7, 11) is -7.81. The van der Waals surface area contributed by atoms with Crippen LogP contribution in [0.3, 0.4) is 0 Å². The largest absolute Gasteiger partial charge is 0.298 e. The Hall–Kier alpha value is -4.14. The number of para-hydroxylation sites is 1. The summed E-state index contributed by atoms with van der Waals surface area (Å²) in [6.45, 7) is 0.332. The van der Waals surface area contributed by atoms with Gasteiger partial charge in [0.2, 0.25) is 9.84 Å². The maximum atomic E-state index is 13.2. The third-order valence-electron chi connectivity index (χ3n) is 5.88. The van der Waals surface area contributed by atoms with Crippen molar-refractivity contribution in [3.05, 3.63) is 100 Å². The molecule has 38 heavy (non-hydrogen) atoms. The van der Waals surface area contributed by atoms with Gasteiger partial charge in [-0.2, -0.15) is 0 Å². The van der Waals surface area contributed by atoms with Crippen molar-refractivity contribution in [2.24, 2.45) is 0 Å². The summed E-state index contributed by atoms with van der Waals surface area (Å²) in [5, 5.41) is 13.3. The molecule has 0 spiro atoms. The van der Waals surface area contributed by atoms with Gasteiger partial charge in [-0.3, -0.25) is 24.5 Å². The van der Waals surface area contributed by atoms with E-state index in [1.54, 1.807) is 12.1 Å². The zero-order valence-electron chi connectivity index (χ0n) is 19.3. The molecule has 4 aromatic rings. The molecule has 194 valence electrons. The van der Waals surface area contributed by atoms with E-state index in [4.69, 9.17) is 0 Å². The van der Waals surface area contributed by atoms with E-state index in [1.165, 1.54) is 28.6 Å². The molecule has 5 rings (SSSR count). The van der Waals surface area contributed by atoms with Crippen LogP contribution in [-0.4, -0.2) is 39.2 Å². The fraction of sp³-hybridized carbons (Fsp3) is 0.0833. The van der Waals surface area contributed by atoms with Crippen molar-refractivity contribution >= 4 is 53.6 Å². The second-order valence-electron chi connectivity index (χ2n) is 8.17. The summed E-state index contributed by atoms with van der Waals surface area (Å²) in [5.74, 6) is -0.603. The average molecular weight is 571 g/mol. The Morgan fingerprint density at radius 1 is 0.947 bits per heavy atom. The number of thiazole rings is 1. The van der Waals surface area contributed by atoms with Crippen LogP contribution in [0.4, 0.5) is 16.5 Å². The number of nitrogens with one attached hydrogen (secondary N) is 1. The Morgan fingerprint density at radius 3 is 2.29 bits per heavy atom. The number of benzene rings is 3. The monoisotopic (exact) mass is 570 g/mol. The number of amides is 1. The molecule has 0 bridgehead atoms. The molecule has 0 aliphatic carbocycles. The molecule has 0 unspecified atom stereocenters. The molecular formula is C24H18N4O7S3. The van der Waals surface area contributed by atoms with Crippen molar-refractivity contribution in [1.29, 1.82) is 0 Å². The van der Waals surface area contributed by atoms with Crippen molar-refractivity contribution in [3.8, 4) is 0 Å². The van der Waals surface area contributed by atoms with Crippen molar-refractivity contribution in [2.75, 3.05) is 16.2 Å². The van der Waals surface area contributed by atoms with E-state index >= 15 is 0 Å². The van der Waals surface area contributed by atoms with Gasteiger partial charge in [0.1, 0.15) is 4.21 Å². The predicted octanol–water partition coefficient (Wildman–Crippen LogP) is 3.89. The van der Waals surface area contributed by atoms with Crippen LogP contribution in [0.5, 0.6) is 0 Å². The Kier molecular flexibility index (Phi) is 6.46. The van der Waals surface area contributed by atoms with Gasteiger partial charge >= 0.3 is 0 Å². The van der Waals surface area contributed by atoms with Crippen LogP contribution in [0, 0.1) is 10.1 Å². The first kappa shape index (κ1) is 25.5. The van der Waals surface area contributed by atoms with Crippen LogP contribution >= 0.6 is 11.3 Å². The lowest BCUT2D eigenvalue weighted by Crippen LogP contribution is -2.29. The van der Waals surface area contributed by atoms with E-state index in [9.17, 15) is 31.7 Å². The molecule has 0 atom stereocenters. The molecule has 3 aromatic carbocycles. The van der Waals surface area contributed by atoms with Gasteiger partial charge in [0, 0.05) is 24.2 Å². The molecule has 0 radical (unpaired) electrons. The fourth-order valence-electron chi connectivity index (χ4n) is 3.94. The van der Waals surface area contributed by atoms with E-state index in [0.717, 1.165) is 47.4 Å². The number of carbonyl (C=O) groups is 1. The van der Waals surface area contributed by atoms with Crippen LogP contribution < -0.4 is 9.62 Å². The third kappa shape index (κ3) is 4.64. The number of non-ortho nitro benzene ring substituents is 1. The van der Waals surface area contributed by atoms with Crippen molar-refractivity contribution < 1.29 is 26.6 Å². The molecule has 0 saturated carbocycles. The highest BCUT2D eigenvalue weighted by atomic mass is 32.2. The number of sulfonamides is 1. The zero-order chi connectivity index (χ0) is 27.1. The summed E-state index contributed by atoms with van der Waals surface area (Å²) >= 11 is 0.718. The maximum absolute atomic E-state index is 13.2. The minimum atomic E-state index is -4.00. The number of aromatic nitrogens is 1. The van der Waals surface area contributed by atoms with Gasteiger partial charge in [-0.1, -0.05) is 29.5 Å². The van der Waals surface area contributed by atoms with Gasteiger partial charge in [0.15, 0.2) is 5.13 Å². The zero-order valence-corrected chi connectivity index (χ0v) is 21.8.